The lowest BCUT2D eigenvalue weighted by atomic mass is 10.1. The minimum absolute atomic E-state index is 0.0427. The van der Waals surface area contributed by atoms with Crippen LogP contribution in [0.4, 0.5) is 17.5 Å². The Morgan fingerprint density at radius 3 is 2.64 bits per heavy atom. The first-order valence-electron chi connectivity index (χ1n) is 8.76. The summed E-state index contributed by atoms with van der Waals surface area (Å²) in [5.41, 5.74) is 2.95. The molecule has 1 aromatic carbocycles. The summed E-state index contributed by atoms with van der Waals surface area (Å²) in [7, 11) is 0. The molecule has 6 heteroatoms. The summed E-state index contributed by atoms with van der Waals surface area (Å²) in [5.74, 6) is 2.05. The molecule has 3 rings (SSSR count). The van der Waals surface area contributed by atoms with Gasteiger partial charge in [-0.25, -0.2) is 4.98 Å². The number of para-hydroxylation sites is 1. The predicted octanol–water partition coefficient (Wildman–Crippen LogP) is 4.49. The van der Waals surface area contributed by atoms with Gasteiger partial charge in [0.05, 0.1) is 29.1 Å². The van der Waals surface area contributed by atoms with Crippen molar-refractivity contribution in [1.82, 2.24) is 9.97 Å². The molecule has 5 nitrogen and oxygen atoms in total. The molecular weight excluding hydrogens is 336 g/mol. The number of rotatable bonds is 7. The number of aromatic nitrogens is 2. The van der Waals surface area contributed by atoms with E-state index in [0.717, 1.165) is 35.6 Å². The monoisotopic (exact) mass is 360 g/mol. The number of nitrogens with one attached hydrogen (secondary N) is 2. The van der Waals surface area contributed by atoms with Crippen molar-refractivity contribution in [1.29, 1.82) is 0 Å². The number of halogens is 1. The van der Waals surface area contributed by atoms with E-state index in [1.807, 2.05) is 31.2 Å². The van der Waals surface area contributed by atoms with Gasteiger partial charge >= 0.3 is 0 Å². The topological polar surface area (TPSA) is 70.1 Å². The highest BCUT2D eigenvalue weighted by molar-refractivity contribution is 6.33. The smallest absolute Gasteiger partial charge is 0.225 e. The molecule has 2 aromatic rings. The van der Waals surface area contributed by atoms with E-state index < -0.39 is 0 Å². The lowest BCUT2D eigenvalue weighted by Crippen LogP contribution is -2.30. The molecule has 1 saturated carbocycles. The minimum Gasteiger partial charge on any atom is -0.394 e. The quantitative estimate of drug-likeness (QED) is 0.678. The zero-order chi connectivity index (χ0) is 18.0. The first-order chi connectivity index (χ1) is 12.0. The Morgan fingerprint density at radius 1 is 1.28 bits per heavy atom. The third-order valence-corrected chi connectivity index (χ3v) is 4.85. The number of aliphatic hydroxyl groups is 1. The highest BCUT2D eigenvalue weighted by atomic mass is 35.5. The van der Waals surface area contributed by atoms with Crippen LogP contribution >= 0.6 is 11.6 Å². The van der Waals surface area contributed by atoms with E-state index in [1.165, 1.54) is 0 Å². The maximum Gasteiger partial charge on any atom is 0.225 e. The van der Waals surface area contributed by atoms with Crippen molar-refractivity contribution >= 4 is 29.1 Å². The van der Waals surface area contributed by atoms with Crippen LogP contribution in [-0.2, 0) is 0 Å². The van der Waals surface area contributed by atoms with Crippen LogP contribution in [0.2, 0.25) is 5.02 Å². The van der Waals surface area contributed by atoms with E-state index in [4.69, 9.17) is 11.6 Å². The van der Waals surface area contributed by atoms with Gasteiger partial charge in [-0.05, 0) is 37.3 Å². The highest BCUT2D eigenvalue weighted by Gasteiger charge is 2.27. The predicted molar refractivity (Wildman–Crippen MR) is 103 cm³/mol. The molecule has 1 aromatic heterocycles. The molecule has 134 valence electrons. The fraction of sp³-hybridized carbons (Fsp3) is 0.474. The maximum absolute atomic E-state index is 9.57. The van der Waals surface area contributed by atoms with Crippen molar-refractivity contribution in [2.45, 2.75) is 45.6 Å². The highest BCUT2D eigenvalue weighted by Crippen LogP contribution is 2.40. The summed E-state index contributed by atoms with van der Waals surface area (Å²) in [6, 6.07) is 7.72. The van der Waals surface area contributed by atoms with Gasteiger partial charge in [0.15, 0.2) is 0 Å². The molecule has 0 bridgehead atoms. The SMILES string of the molecule is Cc1cccc(Cl)c1Nc1cc(C2CC2)nc(N[C@H](CO)C(C)C)n1. The molecule has 3 N–H and O–H groups in total. The molecule has 0 aliphatic heterocycles. The van der Waals surface area contributed by atoms with Gasteiger partial charge in [-0.3, -0.25) is 0 Å². The van der Waals surface area contributed by atoms with Gasteiger partial charge < -0.3 is 15.7 Å². The molecule has 1 heterocycles. The van der Waals surface area contributed by atoms with Crippen LogP contribution in [0.1, 0.15) is 43.9 Å². The van der Waals surface area contributed by atoms with Crippen LogP contribution in [0.3, 0.4) is 0 Å². The minimum atomic E-state index is -0.0793. The van der Waals surface area contributed by atoms with Crippen molar-refractivity contribution in [3.63, 3.8) is 0 Å². The van der Waals surface area contributed by atoms with Crippen LogP contribution in [0.25, 0.3) is 0 Å². The number of aryl methyl sites for hydroxylation is 1. The van der Waals surface area contributed by atoms with Crippen molar-refractivity contribution < 1.29 is 5.11 Å². The summed E-state index contributed by atoms with van der Waals surface area (Å²) in [6.07, 6.45) is 2.32. The normalized spacial score (nSPS) is 15.3. The van der Waals surface area contributed by atoms with Crippen LogP contribution in [-0.4, -0.2) is 27.7 Å². The van der Waals surface area contributed by atoms with Crippen molar-refractivity contribution in [2.75, 3.05) is 17.2 Å². The molecule has 0 spiro atoms. The zero-order valence-corrected chi connectivity index (χ0v) is 15.6. The Hall–Kier alpha value is -1.85. The van der Waals surface area contributed by atoms with E-state index in [0.29, 0.717) is 16.9 Å². The maximum atomic E-state index is 9.57. The van der Waals surface area contributed by atoms with Gasteiger partial charge in [0.25, 0.3) is 0 Å². The molecule has 0 amide bonds. The molecule has 25 heavy (non-hydrogen) atoms. The van der Waals surface area contributed by atoms with Gasteiger partial charge in [-0.15, -0.1) is 0 Å². The standard InChI is InChI=1S/C19H25ClN4O/c1-11(2)16(10-25)22-19-21-15(13-7-8-13)9-17(24-19)23-18-12(3)5-4-6-14(18)20/h4-6,9,11,13,16,25H,7-8,10H2,1-3H3,(H2,21,22,23,24)/t16-/m1/s1. The molecule has 1 aliphatic rings. The second kappa shape index (κ2) is 7.58. The molecule has 0 saturated heterocycles. The van der Waals surface area contributed by atoms with Crippen molar-refractivity contribution in [3.05, 3.63) is 40.5 Å². The van der Waals surface area contributed by atoms with E-state index in [2.05, 4.69) is 34.4 Å². The van der Waals surface area contributed by atoms with Crippen molar-refractivity contribution in [2.24, 2.45) is 5.92 Å². The average molecular weight is 361 g/mol. The molecule has 0 unspecified atom stereocenters. The fourth-order valence-electron chi connectivity index (χ4n) is 2.69. The Morgan fingerprint density at radius 2 is 2.04 bits per heavy atom. The second-order valence-electron chi connectivity index (χ2n) is 7.01. The van der Waals surface area contributed by atoms with Gasteiger partial charge in [-0.1, -0.05) is 37.6 Å². The number of nitrogens with zero attached hydrogens (tertiary/aromatic N) is 2. The number of hydrogen-bond acceptors (Lipinski definition) is 5. The summed E-state index contributed by atoms with van der Waals surface area (Å²) >= 11 is 6.33. The summed E-state index contributed by atoms with van der Waals surface area (Å²) < 4.78 is 0. The van der Waals surface area contributed by atoms with Gasteiger partial charge in [0.2, 0.25) is 5.95 Å². The third kappa shape index (κ3) is 4.41. The van der Waals surface area contributed by atoms with Crippen LogP contribution in [0.5, 0.6) is 0 Å². The van der Waals surface area contributed by atoms with Crippen LogP contribution < -0.4 is 10.6 Å². The number of aliphatic hydroxyl groups excluding tert-OH is 1. The largest absolute Gasteiger partial charge is 0.394 e. The first-order valence-corrected chi connectivity index (χ1v) is 9.14. The summed E-state index contributed by atoms with van der Waals surface area (Å²) in [4.78, 5) is 9.23. The van der Waals surface area contributed by atoms with Crippen LogP contribution in [0, 0.1) is 12.8 Å². The Balaban J connectivity index is 1.90. The van der Waals surface area contributed by atoms with Gasteiger partial charge in [0, 0.05) is 12.0 Å². The molecule has 1 fully saturated rings. The summed E-state index contributed by atoms with van der Waals surface area (Å²) in [5, 5.41) is 16.8. The van der Waals surface area contributed by atoms with Gasteiger partial charge in [-0.2, -0.15) is 4.98 Å². The number of benzene rings is 1. The Kier molecular flexibility index (Phi) is 5.45. The second-order valence-corrected chi connectivity index (χ2v) is 7.42. The third-order valence-electron chi connectivity index (χ3n) is 4.53. The van der Waals surface area contributed by atoms with Gasteiger partial charge in [0.1, 0.15) is 5.82 Å². The van der Waals surface area contributed by atoms with Crippen molar-refractivity contribution in [3.8, 4) is 0 Å². The zero-order valence-electron chi connectivity index (χ0n) is 14.9. The van der Waals surface area contributed by atoms with Crippen LogP contribution in [0.15, 0.2) is 24.3 Å². The number of hydrogen-bond donors (Lipinski definition) is 3. The Labute approximate surface area is 153 Å². The molecule has 1 atom stereocenters. The fourth-order valence-corrected chi connectivity index (χ4v) is 2.96. The van der Waals surface area contributed by atoms with E-state index in [1.54, 1.807) is 0 Å². The average Bonchev–Trinajstić information content (AvgIpc) is 3.41. The lowest BCUT2D eigenvalue weighted by molar-refractivity contribution is 0.248. The molecule has 1 aliphatic carbocycles. The summed E-state index contributed by atoms with van der Waals surface area (Å²) in [6.45, 7) is 6.17. The lowest BCUT2D eigenvalue weighted by Gasteiger charge is -2.21. The molecule has 0 radical (unpaired) electrons. The molecular formula is C19H25ClN4O. The number of anilines is 3. The Bertz CT molecular complexity index is 726. The van der Waals surface area contributed by atoms with E-state index in [-0.39, 0.29) is 18.6 Å². The first kappa shape index (κ1) is 18.0. The van der Waals surface area contributed by atoms with E-state index in [9.17, 15) is 5.11 Å². The van der Waals surface area contributed by atoms with E-state index >= 15 is 0 Å².